The molecule has 8 nitrogen and oxygen atoms in total. The molecule has 3 aromatic heterocycles. The molecule has 0 unspecified atom stereocenters. The lowest BCUT2D eigenvalue weighted by Gasteiger charge is -2.32. The first-order valence-electron chi connectivity index (χ1n) is 12.4. The summed E-state index contributed by atoms with van der Waals surface area (Å²) in [7, 11) is 1.64. The van der Waals surface area contributed by atoms with Crippen molar-refractivity contribution >= 4 is 28.7 Å². The van der Waals surface area contributed by atoms with Crippen molar-refractivity contribution in [3.63, 3.8) is 0 Å². The minimum atomic E-state index is -0.0930. The Bertz CT molecular complexity index is 1670. The number of para-hydroxylation sites is 2. The van der Waals surface area contributed by atoms with E-state index in [4.69, 9.17) is 9.72 Å². The number of hydrogen-bond donors (Lipinski definition) is 1. The topological polar surface area (TPSA) is 84.6 Å². The van der Waals surface area contributed by atoms with Gasteiger partial charge in [0.15, 0.2) is 0 Å². The molecule has 8 heteroatoms. The highest BCUT2D eigenvalue weighted by atomic mass is 16.5. The number of pyridine rings is 1. The van der Waals surface area contributed by atoms with Crippen molar-refractivity contribution in [1.29, 1.82) is 0 Å². The molecule has 1 aliphatic rings. The quantitative estimate of drug-likeness (QED) is 0.365. The third-order valence-corrected chi connectivity index (χ3v) is 7.08. The lowest BCUT2D eigenvalue weighted by atomic mass is 10.0. The van der Waals surface area contributed by atoms with Crippen molar-refractivity contribution < 1.29 is 9.53 Å². The van der Waals surface area contributed by atoms with E-state index in [0.717, 1.165) is 52.2 Å². The van der Waals surface area contributed by atoms with Crippen molar-refractivity contribution in [3.8, 4) is 17.0 Å². The van der Waals surface area contributed by atoms with Crippen LogP contribution in [0.4, 0.5) is 0 Å². The molecule has 0 spiro atoms. The van der Waals surface area contributed by atoms with Crippen LogP contribution in [0, 0.1) is 0 Å². The van der Waals surface area contributed by atoms with Gasteiger partial charge in [-0.05, 0) is 67.4 Å². The molecule has 0 radical (unpaired) electrons. The molecule has 2 aromatic carbocycles. The largest absolute Gasteiger partial charge is 0.497 e. The van der Waals surface area contributed by atoms with Gasteiger partial charge in [-0.2, -0.15) is 0 Å². The fourth-order valence-electron chi connectivity index (χ4n) is 5.17. The van der Waals surface area contributed by atoms with Gasteiger partial charge in [-0.25, -0.2) is 9.78 Å². The van der Waals surface area contributed by atoms with Gasteiger partial charge in [-0.15, -0.1) is 0 Å². The van der Waals surface area contributed by atoms with Crippen molar-refractivity contribution in [3.05, 3.63) is 95.2 Å². The van der Waals surface area contributed by atoms with Crippen molar-refractivity contribution in [2.24, 2.45) is 0 Å². The summed E-state index contributed by atoms with van der Waals surface area (Å²) >= 11 is 0. The number of fused-ring (bicyclic) bond motifs is 2. The van der Waals surface area contributed by atoms with Gasteiger partial charge in [0, 0.05) is 37.0 Å². The molecule has 0 bridgehead atoms. The number of aromatic nitrogens is 4. The predicted octanol–water partition coefficient (Wildman–Crippen LogP) is 4.53. The zero-order valence-electron chi connectivity index (χ0n) is 20.5. The number of likely N-dealkylation sites (tertiary alicyclic amines) is 1. The number of methoxy groups -OCH3 is 1. The van der Waals surface area contributed by atoms with E-state index in [-0.39, 0.29) is 17.6 Å². The van der Waals surface area contributed by atoms with Gasteiger partial charge in [0.05, 0.1) is 29.5 Å². The van der Waals surface area contributed by atoms with Crippen LogP contribution in [-0.2, 0) is 4.79 Å². The first-order chi connectivity index (χ1) is 18.1. The van der Waals surface area contributed by atoms with E-state index in [9.17, 15) is 9.59 Å². The van der Waals surface area contributed by atoms with Gasteiger partial charge in [-0.3, -0.25) is 13.8 Å². The fraction of sp³-hybridized carbons (Fsp3) is 0.207. The number of carbonyl (C=O) groups is 1. The third-order valence-electron chi connectivity index (χ3n) is 7.08. The molecule has 0 saturated carbocycles. The number of imidazole rings is 2. The molecular formula is C29H27N5O3. The predicted molar refractivity (Wildman–Crippen MR) is 144 cm³/mol. The number of H-pyrrole nitrogens is 1. The number of hydrogen-bond acceptors (Lipinski definition) is 4. The number of piperidine rings is 1. The molecule has 4 heterocycles. The van der Waals surface area contributed by atoms with Crippen molar-refractivity contribution in [2.75, 3.05) is 20.2 Å². The number of carbonyl (C=O) groups excluding carboxylic acids is 1. The highest BCUT2D eigenvalue weighted by Crippen LogP contribution is 2.28. The van der Waals surface area contributed by atoms with Gasteiger partial charge in [0.1, 0.15) is 11.4 Å². The molecule has 0 atom stereocenters. The summed E-state index contributed by atoms with van der Waals surface area (Å²) in [5.74, 6) is 0.731. The fourth-order valence-corrected chi connectivity index (χ4v) is 5.17. The lowest BCUT2D eigenvalue weighted by Crippen LogP contribution is -2.39. The Morgan fingerprint density at radius 2 is 1.78 bits per heavy atom. The summed E-state index contributed by atoms with van der Waals surface area (Å²) in [5.41, 5.74) is 5.06. The highest BCUT2D eigenvalue weighted by molar-refractivity contribution is 5.93. The second kappa shape index (κ2) is 9.46. The minimum Gasteiger partial charge on any atom is -0.497 e. The van der Waals surface area contributed by atoms with Gasteiger partial charge in [-0.1, -0.05) is 18.2 Å². The maximum absolute atomic E-state index is 13.2. The maximum atomic E-state index is 13.2. The van der Waals surface area contributed by atoms with Crippen LogP contribution in [0.5, 0.6) is 5.75 Å². The first-order valence-corrected chi connectivity index (χ1v) is 12.4. The summed E-state index contributed by atoms with van der Waals surface area (Å²) in [6.45, 7) is 1.19. The molecular weight excluding hydrogens is 466 g/mol. The summed E-state index contributed by atoms with van der Waals surface area (Å²) in [6, 6.07) is 21.4. The van der Waals surface area contributed by atoms with Gasteiger partial charge in [0.2, 0.25) is 5.91 Å². The zero-order chi connectivity index (χ0) is 25.4. The van der Waals surface area contributed by atoms with Gasteiger partial charge in [0.25, 0.3) is 0 Å². The van der Waals surface area contributed by atoms with E-state index >= 15 is 0 Å². The Morgan fingerprint density at radius 3 is 2.57 bits per heavy atom. The molecule has 37 heavy (non-hydrogen) atoms. The molecule has 186 valence electrons. The zero-order valence-corrected chi connectivity index (χ0v) is 20.5. The normalized spacial score (nSPS) is 14.7. The molecule has 0 aliphatic carbocycles. The smallest absolute Gasteiger partial charge is 0.326 e. The number of rotatable bonds is 5. The first kappa shape index (κ1) is 22.8. The second-order valence-electron chi connectivity index (χ2n) is 9.21. The molecule has 1 amide bonds. The average molecular weight is 494 g/mol. The number of nitrogens with zero attached hydrogens (tertiary/aromatic N) is 4. The SMILES string of the molecule is COc1ccc(-c2nc3ccccn3c2/C=C/C(=O)N2CCC(n3c(=O)[nH]c4ccccc43)CC2)cc1. The van der Waals surface area contributed by atoms with Crippen LogP contribution in [0.2, 0.25) is 0 Å². The standard InChI is InChI=1S/C29H27N5O3/c1-37-22-11-9-20(10-12-22)28-25(33-17-5-4-8-26(33)31-28)13-14-27(35)32-18-15-21(16-19-32)34-24-7-3-2-6-23(24)30-29(34)36/h2-14,17,21H,15-16,18-19H2,1H3,(H,30,36)/b14-13+. The maximum Gasteiger partial charge on any atom is 0.326 e. The number of nitrogens with one attached hydrogen (secondary N) is 1. The molecule has 1 aliphatic heterocycles. The number of benzene rings is 2. The molecule has 1 fully saturated rings. The van der Waals surface area contributed by atoms with E-state index in [1.165, 1.54) is 0 Å². The summed E-state index contributed by atoms with van der Waals surface area (Å²) < 4.78 is 9.11. The average Bonchev–Trinajstić information content (AvgIpc) is 3.48. The number of amides is 1. The Morgan fingerprint density at radius 1 is 1.03 bits per heavy atom. The molecule has 5 aromatic rings. The van der Waals surface area contributed by atoms with E-state index < -0.39 is 0 Å². The molecule has 6 rings (SSSR count). The summed E-state index contributed by atoms with van der Waals surface area (Å²) in [6.07, 6.45) is 6.88. The van der Waals surface area contributed by atoms with Crippen LogP contribution in [-0.4, -0.2) is 49.9 Å². The van der Waals surface area contributed by atoms with Gasteiger partial charge >= 0.3 is 5.69 Å². The molecule has 1 N–H and O–H groups in total. The number of ether oxygens (including phenoxy) is 1. The Labute approximate surface area is 213 Å². The monoisotopic (exact) mass is 493 g/mol. The van der Waals surface area contributed by atoms with Crippen LogP contribution < -0.4 is 10.4 Å². The lowest BCUT2D eigenvalue weighted by molar-refractivity contribution is -0.127. The van der Waals surface area contributed by atoms with Crippen LogP contribution in [0.15, 0.2) is 83.8 Å². The number of aromatic amines is 1. The minimum absolute atomic E-state index is 0.0451. The third kappa shape index (κ3) is 4.20. The molecule has 1 saturated heterocycles. The summed E-state index contributed by atoms with van der Waals surface area (Å²) in [4.78, 5) is 35.3. The van der Waals surface area contributed by atoms with E-state index in [1.54, 1.807) is 13.2 Å². The van der Waals surface area contributed by atoms with Gasteiger partial charge < -0.3 is 14.6 Å². The Kier molecular flexibility index (Phi) is 5.84. The van der Waals surface area contributed by atoms with Crippen LogP contribution >= 0.6 is 0 Å². The Hall–Kier alpha value is -4.59. The Balaban J connectivity index is 1.22. The second-order valence-corrected chi connectivity index (χ2v) is 9.21. The van der Waals surface area contributed by atoms with Crippen LogP contribution in [0.3, 0.4) is 0 Å². The van der Waals surface area contributed by atoms with Crippen LogP contribution in [0.25, 0.3) is 34.0 Å². The van der Waals surface area contributed by atoms with E-state index in [2.05, 4.69) is 4.98 Å². The van der Waals surface area contributed by atoms with Crippen molar-refractivity contribution in [1.82, 2.24) is 23.8 Å². The summed E-state index contributed by atoms with van der Waals surface area (Å²) in [5, 5.41) is 0. The highest BCUT2D eigenvalue weighted by Gasteiger charge is 2.25. The van der Waals surface area contributed by atoms with Crippen LogP contribution in [0.1, 0.15) is 24.6 Å². The van der Waals surface area contributed by atoms with E-state index in [0.29, 0.717) is 13.1 Å². The van der Waals surface area contributed by atoms with E-state index in [1.807, 2.05) is 92.9 Å². The van der Waals surface area contributed by atoms with Crippen molar-refractivity contribution in [2.45, 2.75) is 18.9 Å².